The third-order valence-corrected chi connectivity index (χ3v) is 2.81. The van der Waals surface area contributed by atoms with Gasteiger partial charge < -0.3 is 11.1 Å². The molecule has 1 aromatic rings. The fourth-order valence-electron chi connectivity index (χ4n) is 1.22. The largest absolute Gasteiger partial charge is 0.398 e. The van der Waals surface area contributed by atoms with Gasteiger partial charge in [0.1, 0.15) is 0 Å². The van der Waals surface area contributed by atoms with E-state index in [0.29, 0.717) is 17.8 Å². The number of anilines is 1. The molecule has 0 heterocycles. The second kappa shape index (κ2) is 6.33. The molecule has 0 aromatic heterocycles. The highest BCUT2D eigenvalue weighted by atomic mass is 79.9. The first-order valence-electron chi connectivity index (χ1n) is 5.09. The van der Waals surface area contributed by atoms with E-state index in [4.69, 9.17) is 5.73 Å². The Morgan fingerprint density at radius 3 is 2.94 bits per heavy atom. The lowest BCUT2D eigenvalue weighted by atomic mass is 10.2. The Hall–Kier alpha value is -1.29. The fourth-order valence-corrected chi connectivity index (χ4v) is 1.47. The minimum absolute atomic E-state index is 0.0938. The van der Waals surface area contributed by atoms with Crippen LogP contribution in [0.2, 0.25) is 0 Å². The van der Waals surface area contributed by atoms with Crippen LogP contribution in [0.25, 0.3) is 0 Å². The minimum atomic E-state index is -0.0938. The SMILES string of the molecule is C/C=C/CCNC(=O)c1ccc(Br)c(N)c1. The summed E-state index contributed by atoms with van der Waals surface area (Å²) in [5.74, 6) is -0.0938. The van der Waals surface area contributed by atoms with Crippen molar-refractivity contribution >= 4 is 27.5 Å². The van der Waals surface area contributed by atoms with Gasteiger partial charge in [-0.2, -0.15) is 0 Å². The third-order valence-electron chi connectivity index (χ3n) is 2.09. The first-order chi connectivity index (χ1) is 7.65. The molecule has 86 valence electrons. The second-order valence-electron chi connectivity index (χ2n) is 3.35. The summed E-state index contributed by atoms with van der Waals surface area (Å²) in [4.78, 5) is 11.7. The normalized spacial score (nSPS) is 10.6. The number of amides is 1. The van der Waals surface area contributed by atoms with Crippen molar-refractivity contribution in [2.45, 2.75) is 13.3 Å². The molecule has 0 bridgehead atoms. The van der Waals surface area contributed by atoms with Gasteiger partial charge in [-0.05, 0) is 47.5 Å². The lowest BCUT2D eigenvalue weighted by Gasteiger charge is -2.05. The molecule has 0 aliphatic carbocycles. The van der Waals surface area contributed by atoms with E-state index in [1.165, 1.54) is 0 Å². The van der Waals surface area contributed by atoms with Crippen LogP contribution < -0.4 is 11.1 Å². The molecule has 0 saturated heterocycles. The van der Waals surface area contributed by atoms with Crippen molar-refractivity contribution in [2.24, 2.45) is 0 Å². The Morgan fingerprint density at radius 2 is 2.31 bits per heavy atom. The maximum atomic E-state index is 11.7. The van der Waals surface area contributed by atoms with Crippen LogP contribution in [0.4, 0.5) is 5.69 Å². The molecule has 1 amide bonds. The zero-order valence-electron chi connectivity index (χ0n) is 9.16. The molecule has 0 unspecified atom stereocenters. The lowest BCUT2D eigenvalue weighted by molar-refractivity contribution is 0.0954. The summed E-state index contributed by atoms with van der Waals surface area (Å²) in [6.45, 7) is 2.59. The molecule has 0 atom stereocenters. The quantitative estimate of drug-likeness (QED) is 0.507. The first-order valence-corrected chi connectivity index (χ1v) is 5.89. The van der Waals surface area contributed by atoms with Crippen LogP contribution in [0.5, 0.6) is 0 Å². The number of carbonyl (C=O) groups excluding carboxylic acids is 1. The van der Waals surface area contributed by atoms with Crippen molar-refractivity contribution in [3.05, 3.63) is 40.4 Å². The number of hydrogen-bond donors (Lipinski definition) is 2. The standard InChI is InChI=1S/C12H15BrN2O/c1-2-3-4-7-15-12(16)9-5-6-10(13)11(14)8-9/h2-3,5-6,8H,4,7,14H2,1H3,(H,15,16)/b3-2+. The van der Waals surface area contributed by atoms with Gasteiger partial charge in [0, 0.05) is 22.3 Å². The molecule has 0 aliphatic rings. The minimum Gasteiger partial charge on any atom is -0.398 e. The lowest BCUT2D eigenvalue weighted by Crippen LogP contribution is -2.24. The maximum Gasteiger partial charge on any atom is 0.251 e. The monoisotopic (exact) mass is 282 g/mol. The molecule has 0 spiro atoms. The Morgan fingerprint density at radius 1 is 1.56 bits per heavy atom. The number of rotatable bonds is 4. The molecule has 0 radical (unpaired) electrons. The molecular formula is C12H15BrN2O. The Balaban J connectivity index is 2.56. The summed E-state index contributed by atoms with van der Waals surface area (Å²) in [6, 6.07) is 5.18. The van der Waals surface area contributed by atoms with Gasteiger partial charge in [-0.3, -0.25) is 4.79 Å². The number of hydrogen-bond acceptors (Lipinski definition) is 2. The van der Waals surface area contributed by atoms with Crippen LogP contribution in [-0.2, 0) is 0 Å². The van der Waals surface area contributed by atoms with Crippen molar-refractivity contribution in [1.29, 1.82) is 0 Å². The van der Waals surface area contributed by atoms with Gasteiger partial charge in [0.25, 0.3) is 5.91 Å². The van der Waals surface area contributed by atoms with Gasteiger partial charge in [0.05, 0.1) is 0 Å². The van der Waals surface area contributed by atoms with Crippen LogP contribution in [0.3, 0.4) is 0 Å². The summed E-state index contributed by atoms with van der Waals surface area (Å²) in [7, 11) is 0. The zero-order valence-corrected chi connectivity index (χ0v) is 10.8. The number of nitrogen functional groups attached to an aromatic ring is 1. The van der Waals surface area contributed by atoms with Crippen LogP contribution in [-0.4, -0.2) is 12.5 Å². The molecular weight excluding hydrogens is 268 g/mol. The van der Waals surface area contributed by atoms with E-state index >= 15 is 0 Å². The number of carbonyl (C=O) groups is 1. The predicted molar refractivity (Wildman–Crippen MR) is 70.3 cm³/mol. The summed E-state index contributed by atoms with van der Waals surface area (Å²) in [5.41, 5.74) is 6.85. The van der Waals surface area contributed by atoms with Gasteiger partial charge in [0.15, 0.2) is 0 Å². The number of benzene rings is 1. The van der Waals surface area contributed by atoms with Gasteiger partial charge >= 0.3 is 0 Å². The Kier molecular flexibility index (Phi) is 5.05. The van der Waals surface area contributed by atoms with E-state index in [1.54, 1.807) is 18.2 Å². The van der Waals surface area contributed by atoms with Crippen LogP contribution >= 0.6 is 15.9 Å². The van der Waals surface area contributed by atoms with Gasteiger partial charge in [0.2, 0.25) is 0 Å². The van der Waals surface area contributed by atoms with Crippen molar-refractivity contribution in [1.82, 2.24) is 5.32 Å². The molecule has 4 heteroatoms. The van der Waals surface area contributed by atoms with E-state index in [9.17, 15) is 4.79 Å². The molecule has 1 aromatic carbocycles. The molecule has 0 fully saturated rings. The summed E-state index contributed by atoms with van der Waals surface area (Å²) >= 11 is 3.29. The van der Waals surface area contributed by atoms with Crippen molar-refractivity contribution in [3.63, 3.8) is 0 Å². The summed E-state index contributed by atoms with van der Waals surface area (Å²) in [5, 5.41) is 2.82. The number of halogens is 1. The average Bonchev–Trinajstić information content (AvgIpc) is 2.28. The highest BCUT2D eigenvalue weighted by molar-refractivity contribution is 9.10. The summed E-state index contributed by atoms with van der Waals surface area (Å²) < 4.78 is 0.804. The van der Waals surface area contributed by atoms with E-state index in [1.807, 2.05) is 19.1 Å². The van der Waals surface area contributed by atoms with E-state index in [2.05, 4.69) is 21.2 Å². The van der Waals surface area contributed by atoms with E-state index < -0.39 is 0 Å². The van der Waals surface area contributed by atoms with Crippen molar-refractivity contribution < 1.29 is 4.79 Å². The average molecular weight is 283 g/mol. The summed E-state index contributed by atoms with van der Waals surface area (Å²) in [6.07, 6.45) is 4.81. The molecule has 0 aliphatic heterocycles. The molecule has 16 heavy (non-hydrogen) atoms. The van der Waals surface area contributed by atoms with Gasteiger partial charge in [-0.1, -0.05) is 12.2 Å². The topological polar surface area (TPSA) is 55.1 Å². The molecule has 0 saturated carbocycles. The first kappa shape index (κ1) is 12.8. The number of nitrogens with two attached hydrogens (primary N) is 1. The van der Waals surface area contributed by atoms with Gasteiger partial charge in [-0.15, -0.1) is 0 Å². The van der Waals surface area contributed by atoms with Gasteiger partial charge in [-0.25, -0.2) is 0 Å². The smallest absolute Gasteiger partial charge is 0.251 e. The van der Waals surface area contributed by atoms with E-state index in [0.717, 1.165) is 10.9 Å². The predicted octanol–water partition coefficient (Wildman–Crippen LogP) is 2.73. The Labute approximate surface area is 104 Å². The van der Waals surface area contributed by atoms with Crippen molar-refractivity contribution in [3.8, 4) is 0 Å². The molecule has 1 rings (SSSR count). The zero-order chi connectivity index (χ0) is 12.0. The van der Waals surface area contributed by atoms with Crippen LogP contribution in [0, 0.1) is 0 Å². The fraction of sp³-hybridized carbons (Fsp3) is 0.250. The third kappa shape index (κ3) is 3.70. The maximum absolute atomic E-state index is 11.7. The second-order valence-corrected chi connectivity index (χ2v) is 4.20. The van der Waals surface area contributed by atoms with E-state index in [-0.39, 0.29) is 5.91 Å². The Bertz CT molecular complexity index is 402. The number of nitrogens with one attached hydrogen (secondary N) is 1. The molecule has 3 N–H and O–H groups in total. The van der Waals surface area contributed by atoms with Crippen LogP contribution in [0.1, 0.15) is 23.7 Å². The highest BCUT2D eigenvalue weighted by Gasteiger charge is 2.05. The highest BCUT2D eigenvalue weighted by Crippen LogP contribution is 2.19. The molecule has 3 nitrogen and oxygen atoms in total. The number of allylic oxidation sites excluding steroid dienone is 1. The van der Waals surface area contributed by atoms with Crippen molar-refractivity contribution in [2.75, 3.05) is 12.3 Å². The van der Waals surface area contributed by atoms with Crippen LogP contribution in [0.15, 0.2) is 34.8 Å².